The van der Waals surface area contributed by atoms with Crippen molar-refractivity contribution in [3.8, 4) is 0 Å². The van der Waals surface area contributed by atoms with Gasteiger partial charge in [-0.15, -0.1) is 0 Å². The van der Waals surface area contributed by atoms with E-state index in [0.717, 1.165) is 0 Å². The van der Waals surface area contributed by atoms with Crippen molar-refractivity contribution < 1.29 is 66.0 Å². The number of rotatable bonds is 1. The van der Waals surface area contributed by atoms with E-state index < -0.39 is 36.7 Å². The van der Waals surface area contributed by atoms with E-state index in [-0.39, 0.29) is 31.0 Å². The molecule has 0 radical (unpaired) electrons. The third kappa shape index (κ3) is 2.65. The fraction of sp³-hybridized carbons (Fsp3) is 0.833. The molecule has 0 amide bonds. The number of carboxylic acid groups (broad SMARTS) is 1. The number of aliphatic carboxylic acids is 1. The van der Waals surface area contributed by atoms with Gasteiger partial charge in [0, 0.05) is 0 Å². The van der Waals surface area contributed by atoms with E-state index >= 15 is 0 Å². The second-order valence-electron chi connectivity index (χ2n) is 2.76. The standard InChI is InChI=1S/C6H10O7.Na.H/c7-1-2(8)4(5(10)11)13-6(12)3(1)9;;/h1-4,6-9,12H,(H,10,11);;/q;+1;-1/t1-,2-,3+,4-,6+;;/m0../s1. The summed E-state index contributed by atoms with van der Waals surface area (Å²) in [7, 11) is 0. The Labute approximate surface area is 103 Å². The SMILES string of the molecule is O=C(O)[C@H]1O[C@@H](O)[C@H](O)[C@@H](O)[C@@H]1O.[H-].[Na+]. The van der Waals surface area contributed by atoms with E-state index in [1.54, 1.807) is 0 Å². The first-order chi connectivity index (χ1) is 5.95. The molecular weight excluding hydrogens is 207 g/mol. The Morgan fingerprint density at radius 3 is 2.00 bits per heavy atom. The van der Waals surface area contributed by atoms with Crippen molar-refractivity contribution in [1.29, 1.82) is 0 Å². The Balaban J connectivity index is 0. The molecular formula is C6H11NaO7. The van der Waals surface area contributed by atoms with Crippen LogP contribution in [0.3, 0.4) is 0 Å². The summed E-state index contributed by atoms with van der Waals surface area (Å²) in [6.45, 7) is 0. The minimum absolute atomic E-state index is 0. The third-order valence-electron chi connectivity index (χ3n) is 1.83. The van der Waals surface area contributed by atoms with Gasteiger partial charge in [0.25, 0.3) is 0 Å². The van der Waals surface area contributed by atoms with Gasteiger partial charge in [0.05, 0.1) is 0 Å². The van der Waals surface area contributed by atoms with Crippen molar-refractivity contribution in [1.82, 2.24) is 0 Å². The summed E-state index contributed by atoms with van der Waals surface area (Å²) < 4.78 is 4.34. The van der Waals surface area contributed by atoms with Crippen LogP contribution in [0.2, 0.25) is 0 Å². The summed E-state index contributed by atoms with van der Waals surface area (Å²) in [5.74, 6) is -1.52. The second-order valence-corrected chi connectivity index (χ2v) is 2.76. The molecule has 1 fully saturated rings. The van der Waals surface area contributed by atoms with E-state index in [0.29, 0.717) is 0 Å². The molecule has 78 valence electrons. The predicted octanol–water partition coefficient (Wildman–Crippen LogP) is -6.01. The molecule has 8 heteroatoms. The molecule has 0 aliphatic carbocycles. The number of aliphatic hydroxyl groups is 4. The minimum Gasteiger partial charge on any atom is -1.00 e. The summed E-state index contributed by atoms with van der Waals surface area (Å²) >= 11 is 0. The topological polar surface area (TPSA) is 127 Å². The van der Waals surface area contributed by atoms with Crippen molar-refractivity contribution >= 4 is 5.97 Å². The number of ether oxygens (including phenoxy) is 1. The molecule has 1 heterocycles. The zero-order chi connectivity index (χ0) is 10.2. The van der Waals surface area contributed by atoms with Gasteiger partial charge in [0.2, 0.25) is 0 Å². The first-order valence-corrected chi connectivity index (χ1v) is 3.55. The first-order valence-electron chi connectivity index (χ1n) is 3.55. The molecule has 1 aliphatic heterocycles. The normalized spacial score (nSPS) is 42.7. The summed E-state index contributed by atoms with van der Waals surface area (Å²) in [5, 5.41) is 44.4. The van der Waals surface area contributed by atoms with E-state index in [9.17, 15) is 4.79 Å². The van der Waals surface area contributed by atoms with Crippen LogP contribution in [0, 0.1) is 0 Å². The maximum absolute atomic E-state index is 10.4. The van der Waals surface area contributed by atoms with Crippen LogP contribution in [-0.2, 0) is 9.53 Å². The number of hydrogen-bond acceptors (Lipinski definition) is 6. The van der Waals surface area contributed by atoms with Crippen LogP contribution in [0.1, 0.15) is 1.43 Å². The number of hydrogen-bond donors (Lipinski definition) is 5. The summed E-state index contributed by atoms with van der Waals surface area (Å²) in [6, 6.07) is 0. The monoisotopic (exact) mass is 218 g/mol. The smallest absolute Gasteiger partial charge is 1.00 e. The molecule has 0 unspecified atom stereocenters. The fourth-order valence-corrected chi connectivity index (χ4v) is 1.07. The van der Waals surface area contributed by atoms with Gasteiger partial charge >= 0.3 is 35.5 Å². The predicted molar refractivity (Wildman–Crippen MR) is 37.6 cm³/mol. The van der Waals surface area contributed by atoms with Crippen molar-refractivity contribution in [2.24, 2.45) is 0 Å². The molecule has 1 rings (SSSR count). The van der Waals surface area contributed by atoms with E-state index in [2.05, 4.69) is 4.74 Å². The number of carbonyl (C=O) groups is 1. The Morgan fingerprint density at radius 1 is 1.07 bits per heavy atom. The Bertz CT molecular complexity index is 216. The third-order valence-corrected chi connectivity index (χ3v) is 1.83. The van der Waals surface area contributed by atoms with Crippen LogP contribution >= 0.6 is 0 Å². The zero-order valence-electron chi connectivity index (χ0n) is 8.44. The molecule has 5 N–H and O–H groups in total. The summed E-state index contributed by atoms with van der Waals surface area (Å²) in [5.41, 5.74) is 0. The molecule has 7 nitrogen and oxygen atoms in total. The van der Waals surface area contributed by atoms with Crippen molar-refractivity contribution in [3.05, 3.63) is 0 Å². The molecule has 1 aliphatic rings. The second kappa shape index (κ2) is 5.38. The summed E-state index contributed by atoms with van der Waals surface area (Å²) in [6.07, 6.45) is -8.72. The van der Waals surface area contributed by atoms with Gasteiger partial charge in [0.1, 0.15) is 18.3 Å². The molecule has 0 spiro atoms. The molecule has 0 aromatic rings. The molecule has 0 aromatic carbocycles. The molecule has 1 saturated heterocycles. The Kier molecular flexibility index (Phi) is 5.48. The van der Waals surface area contributed by atoms with Gasteiger partial charge in [-0.1, -0.05) is 0 Å². The molecule has 5 atom stereocenters. The molecule has 14 heavy (non-hydrogen) atoms. The van der Waals surface area contributed by atoms with Gasteiger partial charge in [0.15, 0.2) is 12.4 Å². The minimum atomic E-state index is -1.81. The molecule has 0 saturated carbocycles. The van der Waals surface area contributed by atoms with Crippen LogP contribution in [-0.4, -0.2) is 62.2 Å². The van der Waals surface area contributed by atoms with Gasteiger partial charge < -0.3 is 31.7 Å². The zero-order valence-corrected chi connectivity index (χ0v) is 9.44. The van der Waals surface area contributed by atoms with E-state index in [1.807, 2.05) is 0 Å². The Hall–Kier alpha value is 0.270. The van der Waals surface area contributed by atoms with Gasteiger partial charge in [-0.25, -0.2) is 4.79 Å². The number of carboxylic acids is 1. The largest absolute Gasteiger partial charge is 1.00 e. The van der Waals surface area contributed by atoms with Crippen LogP contribution < -0.4 is 29.6 Å². The van der Waals surface area contributed by atoms with Crippen LogP contribution in [0.15, 0.2) is 0 Å². The Morgan fingerprint density at radius 2 is 1.57 bits per heavy atom. The molecule has 0 aromatic heterocycles. The van der Waals surface area contributed by atoms with E-state index in [1.165, 1.54) is 0 Å². The average Bonchev–Trinajstić information content (AvgIpc) is 2.07. The average molecular weight is 218 g/mol. The van der Waals surface area contributed by atoms with Crippen molar-refractivity contribution in [2.75, 3.05) is 0 Å². The van der Waals surface area contributed by atoms with Crippen LogP contribution in [0.25, 0.3) is 0 Å². The number of aliphatic hydroxyl groups excluding tert-OH is 4. The first kappa shape index (κ1) is 14.3. The van der Waals surface area contributed by atoms with Crippen LogP contribution in [0.5, 0.6) is 0 Å². The fourth-order valence-electron chi connectivity index (χ4n) is 1.07. The van der Waals surface area contributed by atoms with Crippen molar-refractivity contribution in [3.63, 3.8) is 0 Å². The van der Waals surface area contributed by atoms with E-state index in [4.69, 9.17) is 25.5 Å². The van der Waals surface area contributed by atoms with Crippen molar-refractivity contribution in [2.45, 2.75) is 30.7 Å². The summed E-state index contributed by atoms with van der Waals surface area (Å²) in [4.78, 5) is 10.4. The maximum Gasteiger partial charge on any atom is 1.00 e. The quantitative estimate of drug-likeness (QED) is 0.277. The van der Waals surface area contributed by atoms with Gasteiger partial charge in [-0.3, -0.25) is 0 Å². The van der Waals surface area contributed by atoms with Gasteiger partial charge in [-0.2, -0.15) is 0 Å². The molecule has 0 bridgehead atoms. The maximum atomic E-state index is 10.4. The van der Waals surface area contributed by atoms with Crippen LogP contribution in [0.4, 0.5) is 0 Å². The van der Waals surface area contributed by atoms with Gasteiger partial charge in [-0.05, 0) is 0 Å².